The van der Waals surface area contributed by atoms with Crippen molar-refractivity contribution in [2.45, 2.75) is 32.7 Å². The molecule has 0 bridgehead atoms. The Balaban J connectivity index is 1.69. The van der Waals surface area contributed by atoms with E-state index in [4.69, 9.17) is 0 Å². The SMILES string of the molecule is CCS(=O)(=O)N1CCC[C@@H](C(=O)N2CCc3ccccc3C2)C1. The highest BCUT2D eigenvalue weighted by Crippen LogP contribution is 2.25. The fraction of sp³-hybridized carbons (Fsp3) is 0.588. The molecule has 2 aliphatic rings. The summed E-state index contributed by atoms with van der Waals surface area (Å²) < 4.78 is 25.6. The fourth-order valence-corrected chi connectivity index (χ4v) is 4.70. The molecule has 1 fully saturated rings. The maximum absolute atomic E-state index is 12.8. The van der Waals surface area contributed by atoms with Gasteiger partial charge >= 0.3 is 0 Å². The van der Waals surface area contributed by atoms with Crippen LogP contribution in [0.5, 0.6) is 0 Å². The summed E-state index contributed by atoms with van der Waals surface area (Å²) in [6, 6.07) is 8.23. The Labute approximate surface area is 138 Å². The Morgan fingerprint density at radius 1 is 1.22 bits per heavy atom. The summed E-state index contributed by atoms with van der Waals surface area (Å²) in [6.45, 7) is 3.91. The van der Waals surface area contributed by atoms with Crippen LogP contribution in [-0.2, 0) is 27.8 Å². The number of hydrogen-bond donors (Lipinski definition) is 0. The molecule has 0 radical (unpaired) electrons. The van der Waals surface area contributed by atoms with Crippen LogP contribution in [0.1, 0.15) is 30.9 Å². The fourth-order valence-electron chi connectivity index (χ4n) is 3.52. The predicted octanol–water partition coefficient (Wildman–Crippen LogP) is 1.63. The van der Waals surface area contributed by atoms with Crippen LogP contribution < -0.4 is 0 Å². The number of fused-ring (bicyclic) bond motifs is 1. The van der Waals surface area contributed by atoms with E-state index in [2.05, 4.69) is 12.1 Å². The van der Waals surface area contributed by atoms with Crippen LogP contribution >= 0.6 is 0 Å². The van der Waals surface area contributed by atoms with Crippen LogP contribution in [0, 0.1) is 5.92 Å². The minimum Gasteiger partial charge on any atom is -0.338 e. The van der Waals surface area contributed by atoms with E-state index in [9.17, 15) is 13.2 Å². The van der Waals surface area contributed by atoms with Crippen LogP contribution in [0.4, 0.5) is 0 Å². The number of carbonyl (C=O) groups excluding carboxylic acids is 1. The van der Waals surface area contributed by atoms with Gasteiger partial charge in [-0.1, -0.05) is 24.3 Å². The van der Waals surface area contributed by atoms with Crippen molar-refractivity contribution >= 4 is 15.9 Å². The molecule has 0 aromatic heterocycles. The topological polar surface area (TPSA) is 57.7 Å². The highest BCUT2D eigenvalue weighted by molar-refractivity contribution is 7.89. The van der Waals surface area contributed by atoms with Gasteiger partial charge in [0.05, 0.1) is 11.7 Å². The van der Waals surface area contributed by atoms with E-state index in [1.807, 2.05) is 17.0 Å². The lowest BCUT2D eigenvalue weighted by molar-refractivity contribution is -0.137. The first-order chi connectivity index (χ1) is 11.0. The highest BCUT2D eigenvalue weighted by atomic mass is 32.2. The molecule has 5 nitrogen and oxygen atoms in total. The largest absolute Gasteiger partial charge is 0.338 e. The van der Waals surface area contributed by atoms with Gasteiger partial charge in [-0.2, -0.15) is 0 Å². The molecule has 0 unspecified atom stereocenters. The van der Waals surface area contributed by atoms with Gasteiger partial charge in [-0.05, 0) is 37.3 Å². The van der Waals surface area contributed by atoms with Crippen LogP contribution in [-0.4, -0.2) is 48.9 Å². The zero-order chi connectivity index (χ0) is 16.4. The van der Waals surface area contributed by atoms with Crippen LogP contribution in [0.2, 0.25) is 0 Å². The molecule has 0 aliphatic carbocycles. The molecule has 3 rings (SSSR count). The van der Waals surface area contributed by atoms with Crippen molar-refractivity contribution in [3.8, 4) is 0 Å². The van der Waals surface area contributed by atoms with Gasteiger partial charge < -0.3 is 4.90 Å². The van der Waals surface area contributed by atoms with Gasteiger partial charge in [0.1, 0.15) is 0 Å². The van der Waals surface area contributed by atoms with Crippen LogP contribution in [0.15, 0.2) is 24.3 Å². The monoisotopic (exact) mass is 336 g/mol. The van der Waals surface area contributed by atoms with E-state index in [1.54, 1.807) is 6.92 Å². The first kappa shape index (κ1) is 16.5. The lowest BCUT2D eigenvalue weighted by Gasteiger charge is -2.36. The summed E-state index contributed by atoms with van der Waals surface area (Å²) in [4.78, 5) is 14.7. The Bertz CT molecular complexity index is 687. The van der Waals surface area contributed by atoms with Crippen molar-refractivity contribution in [2.75, 3.05) is 25.4 Å². The smallest absolute Gasteiger partial charge is 0.227 e. The third kappa shape index (κ3) is 3.43. The first-order valence-electron chi connectivity index (χ1n) is 8.34. The molecule has 126 valence electrons. The molecule has 23 heavy (non-hydrogen) atoms. The lowest BCUT2D eigenvalue weighted by atomic mass is 9.95. The van der Waals surface area contributed by atoms with E-state index in [0.717, 1.165) is 25.8 Å². The van der Waals surface area contributed by atoms with E-state index in [1.165, 1.54) is 15.4 Å². The van der Waals surface area contributed by atoms with Crippen molar-refractivity contribution < 1.29 is 13.2 Å². The van der Waals surface area contributed by atoms with Crippen LogP contribution in [0.25, 0.3) is 0 Å². The predicted molar refractivity (Wildman–Crippen MR) is 89.3 cm³/mol. The molecule has 2 heterocycles. The zero-order valence-electron chi connectivity index (χ0n) is 13.6. The number of benzene rings is 1. The normalized spacial score (nSPS) is 22.7. The number of nitrogens with zero attached hydrogens (tertiary/aromatic N) is 2. The summed E-state index contributed by atoms with van der Waals surface area (Å²) in [6.07, 6.45) is 2.43. The van der Waals surface area contributed by atoms with Crippen LogP contribution in [0.3, 0.4) is 0 Å². The van der Waals surface area contributed by atoms with Gasteiger partial charge in [0.15, 0.2) is 0 Å². The zero-order valence-corrected chi connectivity index (χ0v) is 14.4. The van der Waals surface area contributed by atoms with Crippen molar-refractivity contribution in [2.24, 2.45) is 5.92 Å². The van der Waals surface area contributed by atoms with Gasteiger partial charge in [0.2, 0.25) is 15.9 Å². The average molecular weight is 336 g/mol. The number of hydrogen-bond acceptors (Lipinski definition) is 3. The second-order valence-electron chi connectivity index (χ2n) is 6.38. The summed E-state index contributed by atoms with van der Waals surface area (Å²) in [5.74, 6) is 0.0104. The van der Waals surface area contributed by atoms with Gasteiger partial charge in [-0.25, -0.2) is 12.7 Å². The van der Waals surface area contributed by atoms with Crippen molar-refractivity contribution in [1.29, 1.82) is 0 Å². The minimum atomic E-state index is -3.20. The minimum absolute atomic E-state index is 0.102. The van der Waals surface area contributed by atoms with Crippen molar-refractivity contribution in [3.63, 3.8) is 0 Å². The maximum atomic E-state index is 12.8. The number of amides is 1. The highest BCUT2D eigenvalue weighted by Gasteiger charge is 2.34. The molecule has 1 aromatic carbocycles. The van der Waals surface area contributed by atoms with E-state index in [-0.39, 0.29) is 17.6 Å². The second-order valence-corrected chi connectivity index (χ2v) is 8.63. The molecule has 0 spiro atoms. The number of piperidine rings is 1. The summed E-state index contributed by atoms with van der Waals surface area (Å²) in [5, 5.41) is 0. The molecule has 1 amide bonds. The van der Waals surface area contributed by atoms with Gasteiger partial charge in [-0.3, -0.25) is 4.79 Å². The third-order valence-corrected chi connectivity index (χ3v) is 6.78. The van der Waals surface area contributed by atoms with Gasteiger partial charge in [0, 0.05) is 26.2 Å². The number of rotatable bonds is 3. The molecule has 1 saturated heterocycles. The molecule has 0 N–H and O–H groups in total. The molecule has 1 atom stereocenters. The quantitative estimate of drug-likeness (QED) is 0.843. The molecule has 6 heteroatoms. The van der Waals surface area contributed by atoms with Gasteiger partial charge in [-0.15, -0.1) is 0 Å². The standard InChI is InChI=1S/C17H24N2O3S/c1-2-23(21,22)19-10-5-8-16(13-19)17(20)18-11-9-14-6-3-4-7-15(14)12-18/h3-4,6-7,16H,2,5,8-13H2,1H3/t16-/m1/s1. The Hall–Kier alpha value is -1.40. The number of carbonyl (C=O) groups is 1. The summed E-state index contributed by atoms with van der Waals surface area (Å²) in [7, 11) is -3.20. The van der Waals surface area contributed by atoms with E-state index < -0.39 is 10.0 Å². The Morgan fingerprint density at radius 3 is 2.70 bits per heavy atom. The summed E-state index contributed by atoms with van der Waals surface area (Å²) in [5.41, 5.74) is 2.52. The Kier molecular flexibility index (Phi) is 4.73. The van der Waals surface area contributed by atoms with Gasteiger partial charge in [0.25, 0.3) is 0 Å². The van der Waals surface area contributed by atoms with E-state index >= 15 is 0 Å². The maximum Gasteiger partial charge on any atom is 0.227 e. The number of sulfonamides is 1. The molecule has 2 aliphatic heterocycles. The lowest BCUT2D eigenvalue weighted by Crippen LogP contribution is -2.48. The average Bonchev–Trinajstić information content (AvgIpc) is 2.60. The first-order valence-corrected chi connectivity index (χ1v) is 9.95. The Morgan fingerprint density at radius 2 is 1.96 bits per heavy atom. The summed E-state index contributed by atoms with van der Waals surface area (Å²) >= 11 is 0. The molecule has 1 aromatic rings. The second kappa shape index (κ2) is 6.61. The van der Waals surface area contributed by atoms with E-state index in [0.29, 0.717) is 19.6 Å². The molecular weight excluding hydrogens is 312 g/mol. The third-order valence-electron chi connectivity index (χ3n) is 4.93. The van der Waals surface area contributed by atoms with Crippen molar-refractivity contribution in [1.82, 2.24) is 9.21 Å². The van der Waals surface area contributed by atoms with Crippen molar-refractivity contribution in [3.05, 3.63) is 35.4 Å². The molecular formula is C17H24N2O3S. The molecule has 0 saturated carbocycles.